The molecule has 0 fully saturated rings. The maximum atomic E-state index is 12.7. The molecular weight excluding hydrogens is 352 g/mol. The highest BCUT2D eigenvalue weighted by Gasteiger charge is 2.30. The zero-order valence-corrected chi connectivity index (χ0v) is 15.0. The van der Waals surface area contributed by atoms with E-state index >= 15 is 0 Å². The van der Waals surface area contributed by atoms with Gasteiger partial charge in [0.2, 0.25) is 11.8 Å². The summed E-state index contributed by atoms with van der Waals surface area (Å²) in [7, 11) is 0. The molecule has 2 aliphatic heterocycles. The lowest BCUT2D eigenvalue weighted by Crippen LogP contribution is -2.39. The summed E-state index contributed by atoms with van der Waals surface area (Å²) in [6.45, 7) is 1.44. The Bertz CT molecular complexity index is 868. The van der Waals surface area contributed by atoms with Gasteiger partial charge in [0.05, 0.1) is 11.6 Å². The second-order valence-corrected chi connectivity index (χ2v) is 7.11. The lowest BCUT2D eigenvalue weighted by molar-refractivity contribution is -0.136. The van der Waals surface area contributed by atoms with Crippen molar-refractivity contribution in [2.45, 2.75) is 19.4 Å². The van der Waals surface area contributed by atoms with Crippen LogP contribution < -0.4 is 10.1 Å². The summed E-state index contributed by atoms with van der Waals surface area (Å²) in [4.78, 5) is 27.0. The summed E-state index contributed by atoms with van der Waals surface area (Å²) in [5.74, 6) is -0.206. The molecule has 5 nitrogen and oxygen atoms in total. The van der Waals surface area contributed by atoms with Crippen molar-refractivity contribution in [3.63, 3.8) is 0 Å². The van der Waals surface area contributed by atoms with Crippen molar-refractivity contribution >= 4 is 29.1 Å². The van der Waals surface area contributed by atoms with Gasteiger partial charge in [-0.1, -0.05) is 35.9 Å². The van der Waals surface area contributed by atoms with Crippen LogP contribution in [0.15, 0.2) is 42.5 Å². The van der Waals surface area contributed by atoms with Crippen molar-refractivity contribution in [2.24, 2.45) is 5.92 Å². The predicted octanol–water partition coefficient (Wildman–Crippen LogP) is 3.26. The predicted molar refractivity (Wildman–Crippen MR) is 99.2 cm³/mol. The van der Waals surface area contributed by atoms with Crippen LogP contribution in [0.2, 0.25) is 5.02 Å². The molecule has 2 heterocycles. The normalized spacial score (nSPS) is 18.9. The van der Waals surface area contributed by atoms with Gasteiger partial charge in [0.1, 0.15) is 12.4 Å². The molecule has 0 aromatic heterocycles. The zero-order chi connectivity index (χ0) is 18.1. The number of halogens is 1. The van der Waals surface area contributed by atoms with Crippen LogP contribution in [0.25, 0.3) is 0 Å². The number of anilines is 1. The maximum Gasteiger partial charge on any atom is 0.231 e. The van der Waals surface area contributed by atoms with E-state index in [-0.39, 0.29) is 24.8 Å². The monoisotopic (exact) mass is 370 g/mol. The minimum atomic E-state index is -0.522. The van der Waals surface area contributed by atoms with E-state index in [0.717, 1.165) is 6.42 Å². The molecule has 1 N–H and O–H groups in total. The van der Waals surface area contributed by atoms with Crippen LogP contribution in [0.3, 0.4) is 0 Å². The number of carbonyl (C=O) groups is 2. The maximum absolute atomic E-state index is 12.7. The van der Waals surface area contributed by atoms with Crippen molar-refractivity contribution < 1.29 is 14.3 Å². The molecule has 0 aliphatic carbocycles. The number of benzene rings is 2. The van der Waals surface area contributed by atoms with E-state index < -0.39 is 5.92 Å². The number of rotatable bonds is 2. The fourth-order valence-corrected chi connectivity index (χ4v) is 3.58. The highest BCUT2D eigenvalue weighted by atomic mass is 35.5. The third kappa shape index (κ3) is 3.40. The first-order valence-electron chi connectivity index (χ1n) is 8.68. The lowest BCUT2D eigenvalue weighted by atomic mass is 9.98. The Labute approximate surface area is 156 Å². The van der Waals surface area contributed by atoms with Crippen molar-refractivity contribution in [1.29, 1.82) is 0 Å². The Morgan fingerprint density at radius 3 is 2.88 bits per heavy atom. The highest BCUT2D eigenvalue weighted by molar-refractivity contribution is 6.30. The molecule has 4 rings (SSSR count). The Hall–Kier alpha value is -2.53. The summed E-state index contributed by atoms with van der Waals surface area (Å²) in [6, 6.07) is 13.2. The first-order chi connectivity index (χ1) is 12.6. The molecule has 134 valence electrons. The summed E-state index contributed by atoms with van der Waals surface area (Å²) >= 11 is 5.98. The van der Waals surface area contributed by atoms with E-state index in [0.29, 0.717) is 29.5 Å². The van der Waals surface area contributed by atoms with Crippen LogP contribution in [0.4, 0.5) is 5.69 Å². The largest absolute Gasteiger partial charge is 0.491 e. The van der Waals surface area contributed by atoms with Gasteiger partial charge >= 0.3 is 0 Å². The smallest absolute Gasteiger partial charge is 0.231 e. The van der Waals surface area contributed by atoms with Crippen molar-refractivity contribution in [3.05, 3.63) is 58.6 Å². The van der Waals surface area contributed by atoms with Gasteiger partial charge in [-0.3, -0.25) is 9.59 Å². The van der Waals surface area contributed by atoms with E-state index in [4.69, 9.17) is 16.3 Å². The van der Waals surface area contributed by atoms with Gasteiger partial charge < -0.3 is 15.0 Å². The van der Waals surface area contributed by atoms with Crippen LogP contribution >= 0.6 is 11.6 Å². The summed E-state index contributed by atoms with van der Waals surface area (Å²) in [5.41, 5.74) is 3.05. The molecule has 0 spiro atoms. The van der Waals surface area contributed by atoms with E-state index in [2.05, 4.69) is 17.4 Å². The minimum absolute atomic E-state index is 0.0211. The van der Waals surface area contributed by atoms with Crippen molar-refractivity contribution in [3.8, 4) is 5.75 Å². The SMILES string of the molecule is O=C1Nc2ccc(Cl)cc2OCC1CC(=O)N1CCc2ccccc2C1. The van der Waals surface area contributed by atoms with Crippen LogP contribution in [0.1, 0.15) is 17.5 Å². The topological polar surface area (TPSA) is 58.6 Å². The van der Waals surface area contributed by atoms with Crippen LogP contribution in [0, 0.1) is 5.92 Å². The van der Waals surface area contributed by atoms with Gasteiger partial charge in [-0.2, -0.15) is 0 Å². The van der Waals surface area contributed by atoms with Gasteiger partial charge in [0.25, 0.3) is 0 Å². The minimum Gasteiger partial charge on any atom is -0.491 e. The van der Waals surface area contributed by atoms with Gasteiger partial charge in [0, 0.05) is 30.6 Å². The van der Waals surface area contributed by atoms with Crippen LogP contribution in [-0.4, -0.2) is 29.9 Å². The second-order valence-electron chi connectivity index (χ2n) is 6.68. The number of carbonyl (C=O) groups excluding carboxylic acids is 2. The summed E-state index contributed by atoms with van der Waals surface area (Å²) in [5, 5.41) is 3.37. The van der Waals surface area contributed by atoms with E-state index in [1.807, 2.05) is 17.0 Å². The quantitative estimate of drug-likeness (QED) is 0.882. The molecule has 0 saturated carbocycles. The third-order valence-corrected chi connectivity index (χ3v) is 5.15. The number of hydrogen-bond acceptors (Lipinski definition) is 3. The first kappa shape index (κ1) is 16.9. The molecular formula is C20H19ClN2O3. The molecule has 2 amide bonds. The first-order valence-corrected chi connectivity index (χ1v) is 9.06. The second kappa shape index (κ2) is 7.00. The van der Waals surface area contributed by atoms with Crippen LogP contribution in [-0.2, 0) is 22.6 Å². The Kier molecular flexibility index (Phi) is 4.55. The zero-order valence-electron chi connectivity index (χ0n) is 14.2. The molecule has 1 unspecified atom stereocenters. The summed E-state index contributed by atoms with van der Waals surface area (Å²) < 4.78 is 5.72. The van der Waals surface area contributed by atoms with Crippen LogP contribution in [0.5, 0.6) is 5.75 Å². The number of hydrogen-bond donors (Lipinski definition) is 1. The number of fused-ring (bicyclic) bond motifs is 2. The highest BCUT2D eigenvalue weighted by Crippen LogP contribution is 2.32. The van der Waals surface area contributed by atoms with E-state index in [9.17, 15) is 9.59 Å². The van der Waals surface area contributed by atoms with E-state index in [1.54, 1.807) is 18.2 Å². The van der Waals surface area contributed by atoms with E-state index in [1.165, 1.54) is 11.1 Å². The third-order valence-electron chi connectivity index (χ3n) is 4.92. The molecule has 26 heavy (non-hydrogen) atoms. The molecule has 2 aliphatic rings. The number of nitrogens with zero attached hydrogens (tertiary/aromatic N) is 1. The van der Waals surface area contributed by atoms with Gasteiger partial charge in [0.15, 0.2) is 0 Å². The Morgan fingerprint density at radius 1 is 1.23 bits per heavy atom. The number of amides is 2. The molecule has 1 atom stereocenters. The molecule has 0 saturated heterocycles. The molecule has 6 heteroatoms. The Morgan fingerprint density at radius 2 is 2.04 bits per heavy atom. The average Bonchev–Trinajstić information content (AvgIpc) is 2.80. The van der Waals surface area contributed by atoms with Gasteiger partial charge in [-0.25, -0.2) is 0 Å². The summed E-state index contributed by atoms with van der Waals surface area (Å²) in [6.07, 6.45) is 0.981. The van der Waals surface area contributed by atoms with Crippen molar-refractivity contribution in [2.75, 3.05) is 18.5 Å². The Balaban J connectivity index is 1.43. The van der Waals surface area contributed by atoms with Crippen molar-refractivity contribution in [1.82, 2.24) is 4.90 Å². The standard InChI is InChI=1S/C20H19ClN2O3/c21-16-5-6-17-18(10-16)26-12-15(20(25)22-17)9-19(24)23-8-7-13-3-1-2-4-14(13)11-23/h1-6,10,15H,7-9,11-12H2,(H,22,25). The fourth-order valence-electron chi connectivity index (χ4n) is 3.42. The molecule has 2 aromatic carbocycles. The number of nitrogens with one attached hydrogen (secondary N) is 1. The average molecular weight is 371 g/mol. The lowest BCUT2D eigenvalue weighted by Gasteiger charge is -2.29. The molecule has 2 aromatic rings. The number of ether oxygens (including phenoxy) is 1. The molecule has 0 bridgehead atoms. The fraction of sp³-hybridized carbons (Fsp3) is 0.300. The molecule has 0 radical (unpaired) electrons. The van der Waals surface area contributed by atoms with Gasteiger partial charge in [-0.05, 0) is 29.7 Å². The van der Waals surface area contributed by atoms with Gasteiger partial charge in [-0.15, -0.1) is 0 Å².